The van der Waals surface area contributed by atoms with Crippen LogP contribution in [0.15, 0.2) is 35.3 Å². The summed E-state index contributed by atoms with van der Waals surface area (Å²) < 4.78 is 0. The average molecular weight is 216 g/mol. The molecule has 0 unspecified atom stereocenters. The fourth-order valence-electron chi connectivity index (χ4n) is 1.64. The molecule has 4 heteroatoms. The van der Waals surface area contributed by atoms with Crippen molar-refractivity contribution in [2.45, 2.75) is 13.3 Å². The average Bonchev–Trinajstić information content (AvgIpc) is 2.30. The topological polar surface area (TPSA) is 66.0 Å². The van der Waals surface area contributed by atoms with E-state index in [0.29, 0.717) is 12.0 Å². The number of rotatable bonds is 2. The number of phenols is 1. The first-order chi connectivity index (χ1) is 7.72. The fraction of sp³-hybridized carbons (Fsp3) is 0.167. The molecule has 0 bridgehead atoms. The van der Waals surface area contributed by atoms with Gasteiger partial charge in [0.1, 0.15) is 5.75 Å². The lowest BCUT2D eigenvalue weighted by atomic mass is 10.0. The number of aryl methyl sites for hydroxylation is 1. The summed E-state index contributed by atoms with van der Waals surface area (Å²) in [5, 5.41) is 9.73. The van der Waals surface area contributed by atoms with E-state index in [2.05, 4.69) is 9.97 Å². The van der Waals surface area contributed by atoms with Gasteiger partial charge in [-0.15, -0.1) is 0 Å². The van der Waals surface area contributed by atoms with Gasteiger partial charge in [0.2, 0.25) is 0 Å². The van der Waals surface area contributed by atoms with Crippen LogP contribution in [0.25, 0.3) is 11.1 Å². The van der Waals surface area contributed by atoms with Crippen molar-refractivity contribution in [2.75, 3.05) is 0 Å². The van der Waals surface area contributed by atoms with E-state index in [1.165, 1.54) is 6.20 Å². The molecule has 0 fully saturated rings. The van der Waals surface area contributed by atoms with E-state index in [9.17, 15) is 9.90 Å². The lowest BCUT2D eigenvalue weighted by Gasteiger charge is -2.08. The van der Waals surface area contributed by atoms with Crippen LogP contribution in [0.5, 0.6) is 5.75 Å². The molecule has 1 aromatic carbocycles. The summed E-state index contributed by atoms with van der Waals surface area (Å²) in [6.07, 6.45) is 2.17. The second-order valence-corrected chi connectivity index (χ2v) is 3.45. The molecule has 16 heavy (non-hydrogen) atoms. The molecule has 1 aromatic heterocycles. The van der Waals surface area contributed by atoms with Gasteiger partial charge in [-0.3, -0.25) is 0 Å². The lowest BCUT2D eigenvalue weighted by Crippen LogP contribution is -2.12. The van der Waals surface area contributed by atoms with Gasteiger partial charge in [-0.25, -0.2) is 9.78 Å². The maximum atomic E-state index is 11.1. The second kappa shape index (κ2) is 4.18. The predicted octanol–water partition coefficient (Wildman–Crippen LogP) is 1.70. The SMILES string of the molecule is CCc1[nH]c(=O)ncc1-c1ccccc1O. The van der Waals surface area contributed by atoms with Crippen molar-refractivity contribution in [1.82, 2.24) is 9.97 Å². The number of aromatic amines is 1. The zero-order valence-corrected chi connectivity index (χ0v) is 8.90. The number of benzene rings is 1. The molecule has 1 heterocycles. The number of nitrogens with zero attached hydrogens (tertiary/aromatic N) is 1. The number of H-pyrrole nitrogens is 1. The standard InChI is InChI=1S/C12H12N2O2/c1-2-10-9(7-13-12(16)14-10)8-5-3-4-6-11(8)15/h3-7,15H,2H2,1H3,(H,13,14,16). The Balaban J connectivity index is 2.65. The van der Waals surface area contributed by atoms with E-state index in [1.807, 2.05) is 13.0 Å². The molecule has 0 saturated heterocycles. The third-order valence-corrected chi connectivity index (χ3v) is 2.44. The highest BCUT2D eigenvalue weighted by Crippen LogP contribution is 2.29. The Hall–Kier alpha value is -2.10. The normalized spacial score (nSPS) is 10.3. The minimum Gasteiger partial charge on any atom is -0.507 e. The Labute approximate surface area is 92.6 Å². The van der Waals surface area contributed by atoms with Gasteiger partial charge in [-0.1, -0.05) is 25.1 Å². The third-order valence-electron chi connectivity index (χ3n) is 2.44. The van der Waals surface area contributed by atoms with E-state index in [1.54, 1.807) is 18.2 Å². The molecule has 0 aliphatic carbocycles. The molecule has 0 aliphatic rings. The predicted molar refractivity (Wildman–Crippen MR) is 61.3 cm³/mol. The zero-order valence-electron chi connectivity index (χ0n) is 8.90. The Bertz CT molecular complexity index is 561. The number of nitrogens with one attached hydrogen (secondary N) is 1. The van der Waals surface area contributed by atoms with Crippen molar-refractivity contribution < 1.29 is 5.11 Å². The van der Waals surface area contributed by atoms with E-state index < -0.39 is 0 Å². The number of phenolic OH excluding ortho intramolecular Hbond substituents is 1. The van der Waals surface area contributed by atoms with Crippen LogP contribution >= 0.6 is 0 Å². The molecule has 0 spiro atoms. The lowest BCUT2D eigenvalue weighted by molar-refractivity contribution is 0.477. The van der Waals surface area contributed by atoms with Crippen molar-refractivity contribution >= 4 is 0 Å². The number of para-hydroxylation sites is 1. The summed E-state index contributed by atoms with van der Waals surface area (Å²) in [4.78, 5) is 17.4. The Morgan fingerprint density at radius 3 is 2.75 bits per heavy atom. The van der Waals surface area contributed by atoms with Crippen molar-refractivity contribution in [3.8, 4) is 16.9 Å². The van der Waals surface area contributed by atoms with Gasteiger partial charge in [0.15, 0.2) is 0 Å². The van der Waals surface area contributed by atoms with Gasteiger partial charge in [0, 0.05) is 23.0 Å². The quantitative estimate of drug-likeness (QED) is 0.803. The molecule has 2 rings (SSSR count). The smallest absolute Gasteiger partial charge is 0.345 e. The van der Waals surface area contributed by atoms with Crippen molar-refractivity contribution in [3.63, 3.8) is 0 Å². The summed E-state index contributed by atoms with van der Waals surface area (Å²) in [6.45, 7) is 1.94. The van der Waals surface area contributed by atoms with Crippen LogP contribution in [0.4, 0.5) is 0 Å². The van der Waals surface area contributed by atoms with E-state index in [4.69, 9.17) is 0 Å². The summed E-state index contributed by atoms with van der Waals surface area (Å²) in [5.74, 6) is 0.186. The molecule has 4 nitrogen and oxygen atoms in total. The molecule has 0 radical (unpaired) electrons. The molecule has 0 atom stereocenters. The minimum atomic E-state index is -0.365. The first kappa shape index (κ1) is 10.4. The van der Waals surface area contributed by atoms with Gasteiger partial charge in [-0.2, -0.15) is 0 Å². The monoisotopic (exact) mass is 216 g/mol. The highest BCUT2D eigenvalue weighted by atomic mass is 16.3. The van der Waals surface area contributed by atoms with Gasteiger partial charge in [-0.05, 0) is 12.5 Å². The highest BCUT2D eigenvalue weighted by Gasteiger charge is 2.08. The maximum Gasteiger partial charge on any atom is 0.345 e. The first-order valence-electron chi connectivity index (χ1n) is 5.09. The Kier molecular flexibility index (Phi) is 2.72. The molecular formula is C12H12N2O2. The van der Waals surface area contributed by atoms with Crippen LogP contribution in [-0.2, 0) is 6.42 Å². The van der Waals surface area contributed by atoms with Crippen molar-refractivity contribution in [1.29, 1.82) is 0 Å². The third kappa shape index (κ3) is 1.82. The number of aromatic nitrogens is 2. The van der Waals surface area contributed by atoms with Crippen LogP contribution in [0.1, 0.15) is 12.6 Å². The number of aromatic hydroxyl groups is 1. The van der Waals surface area contributed by atoms with Crippen LogP contribution in [-0.4, -0.2) is 15.1 Å². The first-order valence-corrected chi connectivity index (χ1v) is 5.09. The molecule has 2 N–H and O–H groups in total. The van der Waals surface area contributed by atoms with Gasteiger partial charge in [0.25, 0.3) is 0 Å². The van der Waals surface area contributed by atoms with Crippen LogP contribution in [0.2, 0.25) is 0 Å². The summed E-state index contributed by atoms with van der Waals surface area (Å²) in [6, 6.07) is 6.99. The Morgan fingerprint density at radius 1 is 1.31 bits per heavy atom. The van der Waals surface area contributed by atoms with Crippen LogP contribution in [0.3, 0.4) is 0 Å². The summed E-state index contributed by atoms with van der Waals surface area (Å²) in [5.41, 5.74) is 1.86. The largest absolute Gasteiger partial charge is 0.507 e. The van der Waals surface area contributed by atoms with E-state index >= 15 is 0 Å². The maximum absolute atomic E-state index is 11.1. The van der Waals surface area contributed by atoms with E-state index in [-0.39, 0.29) is 11.4 Å². The van der Waals surface area contributed by atoms with Crippen molar-refractivity contribution in [3.05, 3.63) is 46.6 Å². The fourth-order valence-corrected chi connectivity index (χ4v) is 1.64. The van der Waals surface area contributed by atoms with Gasteiger partial charge in [0.05, 0.1) is 0 Å². The second-order valence-electron chi connectivity index (χ2n) is 3.45. The highest BCUT2D eigenvalue weighted by molar-refractivity contribution is 5.71. The minimum absolute atomic E-state index is 0.186. The molecule has 82 valence electrons. The number of hydrogen-bond acceptors (Lipinski definition) is 3. The van der Waals surface area contributed by atoms with Crippen LogP contribution < -0.4 is 5.69 Å². The van der Waals surface area contributed by atoms with Gasteiger partial charge < -0.3 is 10.1 Å². The summed E-state index contributed by atoms with van der Waals surface area (Å²) >= 11 is 0. The zero-order chi connectivity index (χ0) is 11.5. The van der Waals surface area contributed by atoms with E-state index in [0.717, 1.165) is 11.3 Å². The molecular weight excluding hydrogens is 204 g/mol. The summed E-state index contributed by atoms with van der Waals surface area (Å²) in [7, 11) is 0. The van der Waals surface area contributed by atoms with Crippen LogP contribution in [0, 0.1) is 0 Å². The Morgan fingerprint density at radius 2 is 2.06 bits per heavy atom. The molecule has 0 saturated carbocycles. The molecule has 0 aliphatic heterocycles. The number of hydrogen-bond donors (Lipinski definition) is 2. The van der Waals surface area contributed by atoms with Crippen molar-refractivity contribution in [2.24, 2.45) is 0 Å². The molecule has 0 amide bonds. The van der Waals surface area contributed by atoms with Gasteiger partial charge >= 0.3 is 5.69 Å². The molecule has 2 aromatic rings.